The first-order valence-electron chi connectivity index (χ1n) is 1.34. The standard InChI is InChI=1S/6CN.4Ag.Fe/c6*1-2;;;;;/q6*-1;4*+1;+2. The molecular weight excluding hydrogens is 643 g/mol. The molecule has 0 aliphatic carbocycles. The molecule has 0 aromatic rings. The van der Waals surface area contributed by atoms with Crippen LogP contribution in [0.25, 0.3) is 0 Å². The van der Waals surface area contributed by atoms with E-state index in [-0.39, 0.29) is 107 Å². The average Bonchev–Trinajstić information content (AvgIpc) is 2.33. The van der Waals surface area contributed by atoms with E-state index >= 15 is 0 Å². The molecule has 0 saturated carbocycles. The molecule has 0 aromatic heterocycles. The van der Waals surface area contributed by atoms with Crippen LogP contribution in [-0.4, -0.2) is 0 Å². The Morgan fingerprint density at radius 1 is 0.294 bits per heavy atom. The van der Waals surface area contributed by atoms with Gasteiger partial charge in [-0.1, -0.05) is 0 Å². The van der Waals surface area contributed by atoms with Gasteiger partial charge in [-0.15, -0.1) is 0 Å². The average molecular weight is 643 g/mol. The summed E-state index contributed by atoms with van der Waals surface area (Å²) in [5.74, 6) is 0. The molecule has 0 atom stereocenters. The number of rotatable bonds is 0. The fraction of sp³-hybridized carbons (Fsp3) is 0. The largest absolute Gasteiger partial charge is 2.00 e. The molecule has 0 unspecified atom stereocenters. The minimum Gasteiger partial charge on any atom is -0.512 e. The summed E-state index contributed by atoms with van der Waals surface area (Å²) in [6, 6.07) is 0. The van der Waals surface area contributed by atoms with E-state index in [9.17, 15) is 0 Å². The Hall–Kier alpha value is 0.421. The topological polar surface area (TPSA) is 143 Å². The molecule has 0 radical (unpaired) electrons. The van der Waals surface area contributed by atoms with Crippen LogP contribution in [0.1, 0.15) is 0 Å². The minimum absolute atomic E-state index is 0. The summed E-state index contributed by atoms with van der Waals surface area (Å²) in [7, 11) is 0. The molecule has 0 spiro atoms. The SMILES string of the molecule is [Ag+].[Ag+].[Ag+].[Ag+].[C-]#N.[C-]#N.[C-]#N.[C-]#N.[C-]#N.[C-]#N.[Fe+2]. The number of nitrogens with zero attached hydrogens (tertiary/aromatic N) is 6. The van der Waals surface area contributed by atoms with Gasteiger partial charge in [0.2, 0.25) is 0 Å². The Balaban J connectivity index is -0.00000000267. The molecule has 106 valence electrons. The van der Waals surface area contributed by atoms with E-state index in [2.05, 4.69) is 0 Å². The summed E-state index contributed by atoms with van der Waals surface area (Å²) in [4.78, 5) is 0. The van der Waals surface area contributed by atoms with Crippen LogP contribution < -0.4 is 0 Å². The smallest absolute Gasteiger partial charge is 0.512 e. The Kier molecular flexibility index (Phi) is 148000. The van der Waals surface area contributed by atoms with Crippen molar-refractivity contribution >= 4 is 0 Å². The maximum absolute atomic E-state index is 6.25. The fourth-order valence-corrected chi connectivity index (χ4v) is 0. The monoisotopic (exact) mass is 640 g/mol. The molecule has 6 nitrogen and oxygen atoms in total. The normalized spacial score (nSPS) is 0.706. The zero-order valence-electron chi connectivity index (χ0n) is 7.24. The molecule has 0 rings (SSSR count). The van der Waals surface area contributed by atoms with Crippen LogP contribution in [0, 0.1) is 71.0 Å². The maximum Gasteiger partial charge on any atom is 2.00 e. The Bertz CT molecular complexity index is 106. The predicted molar refractivity (Wildman–Crippen MR) is 29.8 cm³/mol. The Morgan fingerprint density at radius 3 is 0.294 bits per heavy atom. The van der Waals surface area contributed by atoms with Gasteiger partial charge in [-0.3, -0.25) is 0 Å². The molecule has 0 N–H and O–H groups in total. The van der Waals surface area contributed by atoms with Crippen LogP contribution in [0.5, 0.6) is 0 Å². The van der Waals surface area contributed by atoms with Gasteiger partial charge in [0.15, 0.2) is 0 Å². The van der Waals surface area contributed by atoms with Gasteiger partial charge in [0.1, 0.15) is 0 Å². The first-order valence-corrected chi connectivity index (χ1v) is 1.34. The van der Waals surface area contributed by atoms with Crippen molar-refractivity contribution in [2.75, 3.05) is 0 Å². The van der Waals surface area contributed by atoms with Gasteiger partial charge < -0.3 is 71.0 Å². The van der Waals surface area contributed by atoms with Gasteiger partial charge in [0, 0.05) is 0 Å². The van der Waals surface area contributed by atoms with Crippen LogP contribution in [0.4, 0.5) is 0 Å². The van der Waals surface area contributed by atoms with Gasteiger partial charge in [0.25, 0.3) is 0 Å². The third-order valence-electron chi connectivity index (χ3n) is 0. The second-order valence-corrected chi connectivity index (χ2v) is 0. The first kappa shape index (κ1) is 114. The van der Waals surface area contributed by atoms with Crippen molar-refractivity contribution in [1.29, 1.82) is 31.6 Å². The van der Waals surface area contributed by atoms with Crippen LogP contribution in [0.15, 0.2) is 0 Å². The predicted octanol–water partition coefficient (Wildman–Crippen LogP) is 0.566. The molecular formula is C6Ag4FeN6. The zero-order chi connectivity index (χ0) is 12.0. The van der Waals surface area contributed by atoms with Crippen molar-refractivity contribution in [2.45, 2.75) is 0 Å². The van der Waals surface area contributed by atoms with Crippen molar-refractivity contribution in [3.63, 3.8) is 0 Å². The van der Waals surface area contributed by atoms with Crippen LogP contribution in [-0.2, 0) is 107 Å². The van der Waals surface area contributed by atoms with Crippen molar-refractivity contribution < 1.29 is 107 Å². The molecule has 0 fully saturated rings. The zero-order valence-corrected chi connectivity index (χ0v) is 14.3. The molecule has 0 amide bonds. The van der Waals surface area contributed by atoms with E-state index < -0.39 is 0 Å². The third kappa shape index (κ3) is 19300. The van der Waals surface area contributed by atoms with Crippen molar-refractivity contribution in [3.05, 3.63) is 39.4 Å². The summed E-state index contributed by atoms with van der Waals surface area (Å²) >= 11 is 0. The molecule has 0 bridgehead atoms. The van der Waals surface area contributed by atoms with E-state index in [1.54, 1.807) is 0 Å². The summed E-state index contributed by atoms with van der Waals surface area (Å²) in [5, 5.41) is 37.5. The van der Waals surface area contributed by atoms with Gasteiger partial charge in [0.05, 0.1) is 0 Å². The summed E-state index contributed by atoms with van der Waals surface area (Å²) in [6.07, 6.45) is 0. The minimum atomic E-state index is 0. The first-order chi connectivity index (χ1) is 6.00. The van der Waals surface area contributed by atoms with Gasteiger partial charge in [-0.05, 0) is 0 Å². The molecule has 0 aliphatic rings. The van der Waals surface area contributed by atoms with Crippen LogP contribution in [0.3, 0.4) is 0 Å². The van der Waals surface area contributed by atoms with Crippen LogP contribution in [0.2, 0.25) is 0 Å². The quantitative estimate of drug-likeness (QED) is 0.279. The van der Waals surface area contributed by atoms with Gasteiger partial charge in [-0.25, -0.2) is 0 Å². The van der Waals surface area contributed by atoms with E-state index in [0.29, 0.717) is 0 Å². The fourth-order valence-electron chi connectivity index (χ4n) is 0. The molecule has 17 heavy (non-hydrogen) atoms. The van der Waals surface area contributed by atoms with E-state index in [4.69, 9.17) is 71.0 Å². The third-order valence-corrected chi connectivity index (χ3v) is 0. The van der Waals surface area contributed by atoms with Crippen LogP contribution >= 0.6 is 0 Å². The van der Waals surface area contributed by atoms with E-state index in [0.717, 1.165) is 0 Å². The van der Waals surface area contributed by atoms with Crippen molar-refractivity contribution in [1.82, 2.24) is 0 Å². The molecule has 11 heteroatoms. The summed E-state index contributed by atoms with van der Waals surface area (Å²) < 4.78 is 0. The second kappa shape index (κ2) is 22100. The Morgan fingerprint density at radius 2 is 0.294 bits per heavy atom. The second-order valence-electron chi connectivity index (χ2n) is 0. The molecule has 0 heterocycles. The van der Waals surface area contributed by atoms with Crippen molar-refractivity contribution in [3.8, 4) is 0 Å². The van der Waals surface area contributed by atoms with E-state index in [1.165, 1.54) is 0 Å². The maximum atomic E-state index is 6.25. The summed E-state index contributed by atoms with van der Waals surface area (Å²) in [6.45, 7) is 28.5. The summed E-state index contributed by atoms with van der Waals surface area (Å²) in [5.41, 5.74) is 0. The molecule has 0 aliphatic heterocycles. The molecule has 0 aromatic carbocycles. The van der Waals surface area contributed by atoms with Gasteiger partial charge in [-0.2, -0.15) is 0 Å². The molecule has 0 saturated heterocycles. The van der Waals surface area contributed by atoms with E-state index in [1.807, 2.05) is 0 Å². The van der Waals surface area contributed by atoms with Gasteiger partial charge >= 0.3 is 107 Å². The number of hydrogen-bond donors (Lipinski definition) is 0. The number of hydrogen-bond acceptors (Lipinski definition) is 6. The Labute approximate surface area is 175 Å². The van der Waals surface area contributed by atoms with Crippen molar-refractivity contribution in [2.24, 2.45) is 0 Å².